The van der Waals surface area contributed by atoms with Gasteiger partial charge in [-0.25, -0.2) is 0 Å². The quantitative estimate of drug-likeness (QED) is 0.511. The number of fused-ring (bicyclic) bond motifs is 1. The first-order valence-electron chi connectivity index (χ1n) is 9.36. The molecule has 150 valence electrons. The molecule has 0 fully saturated rings. The number of amides is 2. The Labute approximate surface area is 173 Å². The normalized spacial score (nSPS) is 10.6. The van der Waals surface area contributed by atoms with Crippen LogP contribution in [-0.4, -0.2) is 31.1 Å². The Balaban J connectivity index is 1.51. The molecule has 0 radical (unpaired) electrons. The number of rotatable bonds is 4. The number of hydrazine groups is 1. The van der Waals surface area contributed by atoms with Crippen molar-refractivity contribution in [2.45, 2.75) is 0 Å². The first kappa shape index (κ1) is 19.2. The Hall–Kier alpha value is -4.13. The molecule has 0 unspecified atom stereocenters. The van der Waals surface area contributed by atoms with Crippen molar-refractivity contribution in [3.05, 3.63) is 83.9 Å². The highest BCUT2D eigenvalue weighted by Crippen LogP contribution is 2.29. The maximum Gasteiger partial charge on any atom is 0.269 e. The van der Waals surface area contributed by atoms with Gasteiger partial charge in [-0.05, 0) is 36.4 Å². The minimum absolute atomic E-state index is 0.380. The summed E-state index contributed by atoms with van der Waals surface area (Å²) in [5, 5.41) is 4.77. The number of carbonyl (C=O) groups excluding carboxylic acids is 2. The number of anilines is 1. The molecular formula is C23H20N4O3. The number of hydrogen-bond donors (Lipinski definition) is 2. The van der Waals surface area contributed by atoms with Crippen LogP contribution < -0.4 is 15.8 Å². The molecule has 0 spiro atoms. The first-order chi connectivity index (χ1) is 14.5. The summed E-state index contributed by atoms with van der Waals surface area (Å²) in [4.78, 5) is 26.9. The van der Waals surface area contributed by atoms with E-state index in [2.05, 4.69) is 16.0 Å². The second-order valence-corrected chi connectivity index (χ2v) is 6.96. The fraction of sp³-hybridized carbons (Fsp3) is 0.0870. The van der Waals surface area contributed by atoms with Crippen LogP contribution in [0.15, 0.2) is 77.3 Å². The van der Waals surface area contributed by atoms with E-state index in [-0.39, 0.29) is 0 Å². The van der Waals surface area contributed by atoms with Crippen LogP contribution in [0.1, 0.15) is 20.7 Å². The van der Waals surface area contributed by atoms with Crippen LogP contribution in [0.2, 0.25) is 0 Å². The van der Waals surface area contributed by atoms with Crippen LogP contribution in [0, 0.1) is 0 Å². The summed E-state index contributed by atoms with van der Waals surface area (Å²) >= 11 is 0. The molecule has 0 bridgehead atoms. The van der Waals surface area contributed by atoms with Crippen molar-refractivity contribution in [3.63, 3.8) is 0 Å². The molecule has 7 nitrogen and oxygen atoms in total. The molecule has 3 aromatic carbocycles. The van der Waals surface area contributed by atoms with Gasteiger partial charge in [0.15, 0.2) is 5.76 Å². The summed E-state index contributed by atoms with van der Waals surface area (Å²) < 4.78 is 5.47. The summed E-state index contributed by atoms with van der Waals surface area (Å²) in [5.41, 5.74) is 8.15. The van der Waals surface area contributed by atoms with E-state index < -0.39 is 11.8 Å². The standard InChI is InChI=1S/C23H20N4O3/c1-27(2)18-10-6-9-16(13-18)22(28)24-25-23(29)17-11-12-20-19(14-17)21(30-26-20)15-7-4-3-5-8-15/h3-14H,1-2H3,(H,24,28)(H,25,29). The second kappa shape index (κ2) is 8.08. The van der Waals surface area contributed by atoms with Gasteiger partial charge in [-0.2, -0.15) is 0 Å². The second-order valence-electron chi connectivity index (χ2n) is 6.96. The molecule has 4 rings (SSSR count). The van der Waals surface area contributed by atoms with E-state index in [1.54, 1.807) is 36.4 Å². The molecule has 0 saturated heterocycles. The van der Waals surface area contributed by atoms with Crippen molar-refractivity contribution < 1.29 is 14.1 Å². The van der Waals surface area contributed by atoms with Crippen molar-refractivity contribution in [3.8, 4) is 11.3 Å². The molecule has 2 N–H and O–H groups in total. The Morgan fingerprint density at radius 3 is 2.23 bits per heavy atom. The van der Waals surface area contributed by atoms with Gasteiger partial charge in [-0.1, -0.05) is 41.6 Å². The zero-order valence-electron chi connectivity index (χ0n) is 16.5. The summed E-state index contributed by atoms with van der Waals surface area (Å²) in [5.74, 6) is -0.248. The fourth-order valence-corrected chi connectivity index (χ4v) is 3.06. The van der Waals surface area contributed by atoms with Crippen molar-refractivity contribution in [1.82, 2.24) is 16.0 Å². The lowest BCUT2D eigenvalue weighted by molar-refractivity contribution is 0.0847. The van der Waals surface area contributed by atoms with Crippen molar-refractivity contribution in [1.29, 1.82) is 0 Å². The van der Waals surface area contributed by atoms with Gasteiger partial charge in [0.25, 0.3) is 11.8 Å². The van der Waals surface area contributed by atoms with Crippen molar-refractivity contribution in [2.24, 2.45) is 0 Å². The molecule has 0 aliphatic rings. The summed E-state index contributed by atoms with van der Waals surface area (Å²) in [6.45, 7) is 0. The van der Waals surface area contributed by atoms with Crippen LogP contribution in [0.4, 0.5) is 5.69 Å². The fourth-order valence-electron chi connectivity index (χ4n) is 3.06. The Bertz CT molecular complexity index is 1220. The SMILES string of the molecule is CN(C)c1cccc(C(=O)NNC(=O)c2ccc3noc(-c4ccccc4)c3c2)c1. The van der Waals surface area contributed by atoms with E-state index in [0.717, 1.165) is 16.6 Å². The monoisotopic (exact) mass is 400 g/mol. The van der Waals surface area contributed by atoms with E-state index in [1.165, 1.54) is 0 Å². The molecule has 0 atom stereocenters. The van der Waals surface area contributed by atoms with Gasteiger partial charge in [0.05, 0.1) is 5.39 Å². The van der Waals surface area contributed by atoms with Gasteiger partial charge in [0.2, 0.25) is 0 Å². The zero-order valence-corrected chi connectivity index (χ0v) is 16.5. The van der Waals surface area contributed by atoms with Crippen molar-refractivity contribution >= 4 is 28.4 Å². The van der Waals surface area contributed by atoms with Gasteiger partial charge in [0.1, 0.15) is 5.52 Å². The number of benzene rings is 3. The summed E-state index contributed by atoms with van der Waals surface area (Å²) in [6, 6.07) is 21.7. The Morgan fingerprint density at radius 1 is 0.833 bits per heavy atom. The van der Waals surface area contributed by atoms with Gasteiger partial charge in [-0.3, -0.25) is 20.4 Å². The predicted octanol–water partition coefficient (Wildman–Crippen LogP) is 3.64. The van der Waals surface area contributed by atoms with Crippen LogP contribution in [0.25, 0.3) is 22.2 Å². The predicted molar refractivity (Wildman–Crippen MR) is 115 cm³/mol. The molecule has 0 aliphatic heterocycles. The molecule has 30 heavy (non-hydrogen) atoms. The highest BCUT2D eigenvalue weighted by atomic mass is 16.5. The third-order valence-corrected chi connectivity index (χ3v) is 4.69. The Kier molecular flexibility index (Phi) is 5.17. The van der Waals surface area contributed by atoms with Crippen LogP contribution in [0.5, 0.6) is 0 Å². The molecule has 2 amide bonds. The number of carbonyl (C=O) groups is 2. The highest BCUT2D eigenvalue weighted by molar-refractivity contribution is 6.02. The smallest absolute Gasteiger partial charge is 0.269 e. The molecule has 0 saturated carbocycles. The lowest BCUT2D eigenvalue weighted by Gasteiger charge is -2.13. The van der Waals surface area contributed by atoms with Crippen LogP contribution in [0.3, 0.4) is 0 Å². The minimum atomic E-state index is -0.436. The van der Waals surface area contributed by atoms with E-state index in [1.807, 2.05) is 55.4 Å². The van der Waals surface area contributed by atoms with Crippen LogP contribution in [-0.2, 0) is 0 Å². The molecule has 0 aliphatic carbocycles. The molecule has 7 heteroatoms. The lowest BCUT2D eigenvalue weighted by Crippen LogP contribution is -2.41. The molecule has 1 heterocycles. The zero-order chi connectivity index (χ0) is 21.1. The maximum atomic E-state index is 12.6. The van der Waals surface area contributed by atoms with E-state index in [0.29, 0.717) is 22.4 Å². The lowest BCUT2D eigenvalue weighted by atomic mass is 10.1. The van der Waals surface area contributed by atoms with Gasteiger partial charge in [-0.15, -0.1) is 0 Å². The third kappa shape index (κ3) is 3.86. The van der Waals surface area contributed by atoms with Gasteiger partial charge >= 0.3 is 0 Å². The molecule has 1 aromatic heterocycles. The van der Waals surface area contributed by atoms with E-state index >= 15 is 0 Å². The number of hydrogen-bond acceptors (Lipinski definition) is 5. The number of aromatic nitrogens is 1. The summed E-state index contributed by atoms with van der Waals surface area (Å²) in [6.07, 6.45) is 0. The van der Waals surface area contributed by atoms with Gasteiger partial charge < -0.3 is 9.42 Å². The largest absolute Gasteiger partial charge is 0.378 e. The molecule has 4 aromatic rings. The van der Waals surface area contributed by atoms with E-state index in [9.17, 15) is 9.59 Å². The van der Waals surface area contributed by atoms with E-state index in [4.69, 9.17) is 4.52 Å². The minimum Gasteiger partial charge on any atom is -0.378 e. The van der Waals surface area contributed by atoms with Gasteiger partial charge in [0, 0.05) is 36.5 Å². The Morgan fingerprint density at radius 2 is 1.53 bits per heavy atom. The average Bonchev–Trinajstić information content (AvgIpc) is 3.21. The first-order valence-corrected chi connectivity index (χ1v) is 9.36. The number of nitrogens with one attached hydrogen (secondary N) is 2. The highest BCUT2D eigenvalue weighted by Gasteiger charge is 2.15. The molecular weight excluding hydrogens is 380 g/mol. The average molecular weight is 400 g/mol. The van der Waals surface area contributed by atoms with Crippen molar-refractivity contribution in [2.75, 3.05) is 19.0 Å². The maximum absolute atomic E-state index is 12.6. The summed E-state index contributed by atoms with van der Waals surface area (Å²) in [7, 11) is 3.78. The third-order valence-electron chi connectivity index (χ3n) is 4.69. The topological polar surface area (TPSA) is 87.5 Å². The van der Waals surface area contributed by atoms with Crippen LogP contribution >= 0.6 is 0 Å². The number of nitrogens with zero attached hydrogens (tertiary/aromatic N) is 2.